The molecule has 1 fully saturated rings. The van der Waals surface area contributed by atoms with Gasteiger partial charge in [0.1, 0.15) is 0 Å². The lowest BCUT2D eigenvalue weighted by atomic mass is 9.80. The van der Waals surface area contributed by atoms with Crippen LogP contribution in [0.25, 0.3) is 0 Å². The summed E-state index contributed by atoms with van der Waals surface area (Å²) in [5, 5.41) is 2.91. The van der Waals surface area contributed by atoms with Gasteiger partial charge in [0, 0.05) is 12.5 Å². The maximum atomic E-state index is 11.5. The molecule has 1 amide bonds. The van der Waals surface area contributed by atoms with E-state index in [1.165, 1.54) is 19.3 Å². The quantitative estimate of drug-likeness (QED) is 0.715. The Morgan fingerprint density at radius 3 is 2.31 bits per heavy atom. The summed E-state index contributed by atoms with van der Waals surface area (Å²) in [4.78, 5) is 11.5. The number of carbonyl (C=O) groups is 1. The maximum absolute atomic E-state index is 11.5. The largest absolute Gasteiger partial charge is 0.356 e. The lowest BCUT2D eigenvalue weighted by Gasteiger charge is -2.26. The van der Waals surface area contributed by atoms with Crippen molar-refractivity contribution in [2.24, 2.45) is 11.8 Å². The van der Waals surface area contributed by atoms with Crippen LogP contribution in [0.15, 0.2) is 0 Å². The van der Waals surface area contributed by atoms with Crippen LogP contribution in [0.4, 0.5) is 0 Å². The van der Waals surface area contributed by atoms with Gasteiger partial charge >= 0.3 is 0 Å². The van der Waals surface area contributed by atoms with E-state index in [1.807, 2.05) is 6.92 Å². The predicted molar refractivity (Wildman–Crippen MR) is 54.4 cm³/mol. The Morgan fingerprint density at radius 1 is 1.23 bits per heavy atom. The van der Waals surface area contributed by atoms with Crippen molar-refractivity contribution in [3.8, 4) is 0 Å². The van der Waals surface area contributed by atoms with Crippen LogP contribution in [-0.2, 0) is 4.79 Å². The molecule has 0 spiro atoms. The molecule has 0 heterocycles. The Kier molecular flexibility index (Phi) is 4.26. The van der Waals surface area contributed by atoms with E-state index in [0.29, 0.717) is 5.92 Å². The van der Waals surface area contributed by atoms with Gasteiger partial charge < -0.3 is 5.32 Å². The lowest BCUT2D eigenvalue weighted by molar-refractivity contribution is -0.126. The van der Waals surface area contributed by atoms with E-state index in [1.54, 1.807) is 0 Å². The average Bonchev–Trinajstić information content (AvgIpc) is 2.18. The molecule has 1 rings (SSSR count). The van der Waals surface area contributed by atoms with Gasteiger partial charge in [-0.2, -0.15) is 0 Å². The van der Waals surface area contributed by atoms with Crippen molar-refractivity contribution >= 4 is 5.91 Å². The van der Waals surface area contributed by atoms with Crippen LogP contribution >= 0.6 is 0 Å². The van der Waals surface area contributed by atoms with Gasteiger partial charge in [0.15, 0.2) is 0 Å². The normalized spacial score (nSPS) is 28.5. The second-order valence-electron chi connectivity index (χ2n) is 4.02. The number of hydrogen-bond donors (Lipinski definition) is 1. The summed E-state index contributed by atoms with van der Waals surface area (Å²) in [6, 6.07) is 0. The van der Waals surface area contributed by atoms with Gasteiger partial charge in [-0.3, -0.25) is 4.79 Å². The van der Waals surface area contributed by atoms with Crippen molar-refractivity contribution in [3.05, 3.63) is 0 Å². The highest BCUT2D eigenvalue weighted by Gasteiger charge is 2.24. The standard InChI is InChI=1S/C11H21NO/c1-3-9-5-7-10(8-6-9)11(13)12-4-2/h9-10H,3-8H2,1-2H3,(H,12,13). The zero-order chi connectivity index (χ0) is 9.68. The summed E-state index contributed by atoms with van der Waals surface area (Å²) in [7, 11) is 0. The van der Waals surface area contributed by atoms with E-state index in [4.69, 9.17) is 0 Å². The van der Waals surface area contributed by atoms with Crippen molar-refractivity contribution in [2.75, 3.05) is 6.54 Å². The van der Waals surface area contributed by atoms with Crippen LogP contribution < -0.4 is 5.32 Å². The van der Waals surface area contributed by atoms with E-state index in [0.717, 1.165) is 25.3 Å². The van der Waals surface area contributed by atoms with E-state index in [9.17, 15) is 4.79 Å². The minimum atomic E-state index is 0.275. The molecule has 1 saturated carbocycles. The molecule has 1 aliphatic rings. The van der Waals surface area contributed by atoms with Gasteiger partial charge in [0.2, 0.25) is 5.91 Å². The molecule has 0 aliphatic heterocycles. The van der Waals surface area contributed by atoms with Crippen LogP contribution in [0, 0.1) is 11.8 Å². The van der Waals surface area contributed by atoms with Gasteiger partial charge in [-0.15, -0.1) is 0 Å². The Bertz CT molecular complexity index is 159. The summed E-state index contributed by atoms with van der Waals surface area (Å²) < 4.78 is 0. The Balaban J connectivity index is 2.28. The van der Waals surface area contributed by atoms with Crippen molar-refractivity contribution in [3.63, 3.8) is 0 Å². The average molecular weight is 183 g/mol. The summed E-state index contributed by atoms with van der Waals surface area (Å²) in [5.41, 5.74) is 0. The summed E-state index contributed by atoms with van der Waals surface area (Å²) in [6.07, 6.45) is 5.98. The summed E-state index contributed by atoms with van der Waals surface area (Å²) in [5.74, 6) is 1.46. The van der Waals surface area contributed by atoms with Crippen molar-refractivity contribution in [1.29, 1.82) is 0 Å². The third-order valence-electron chi connectivity index (χ3n) is 3.15. The van der Waals surface area contributed by atoms with Crippen LogP contribution in [0.5, 0.6) is 0 Å². The molecule has 2 heteroatoms. The minimum absolute atomic E-state index is 0.275. The number of nitrogens with one attached hydrogen (secondary N) is 1. The molecular weight excluding hydrogens is 162 g/mol. The molecule has 76 valence electrons. The molecule has 0 aromatic heterocycles. The number of rotatable bonds is 3. The highest BCUT2D eigenvalue weighted by molar-refractivity contribution is 5.78. The van der Waals surface area contributed by atoms with Crippen molar-refractivity contribution < 1.29 is 4.79 Å². The fourth-order valence-electron chi connectivity index (χ4n) is 2.15. The molecule has 13 heavy (non-hydrogen) atoms. The second-order valence-corrected chi connectivity index (χ2v) is 4.02. The smallest absolute Gasteiger partial charge is 0.223 e. The fraction of sp³-hybridized carbons (Fsp3) is 0.909. The van der Waals surface area contributed by atoms with Crippen molar-refractivity contribution in [2.45, 2.75) is 46.0 Å². The fourth-order valence-corrected chi connectivity index (χ4v) is 2.15. The molecule has 1 N–H and O–H groups in total. The first kappa shape index (κ1) is 10.6. The maximum Gasteiger partial charge on any atom is 0.223 e. The summed E-state index contributed by atoms with van der Waals surface area (Å²) in [6.45, 7) is 5.00. The molecule has 0 unspecified atom stereocenters. The molecule has 0 atom stereocenters. The van der Waals surface area contributed by atoms with Crippen molar-refractivity contribution in [1.82, 2.24) is 5.32 Å². The summed E-state index contributed by atoms with van der Waals surface area (Å²) >= 11 is 0. The highest BCUT2D eigenvalue weighted by atomic mass is 16.1. The van der Waals surface area contributed by atoms with E-state index < -0.39 is 0 Å². The zero-order valence-corrected chi connectivity index (χ0v) is 8.81. The van der Waals surface area contributed by atoms with Crippen LogP contribution in [0.2, 0.25) is 0 Å². The molecule has 0 radical (unpaired) electrons. The number of hydrogen-bond acceptors (Lipinski definition) is 1. The minimum Gasteiger partial charge on any atom is -0.356 e. The molecule has 2 nitrogen and oxygen atoms in total. The number of carbonyl (C=O) groups excluding carboxylic acids is 1. The molecule has 1 aliphatic carbocycles. The highest BCUT2D eigenvalue weighted by Crippen LogP contribution is 2.30. The predicted octanol–water partition coefficient (Wildman–Crippen LogP) is 2.34. The van der Waals surface area contributed by atoms with E-state index >= 15 is 0 Å². The first-order chi connectivity index (χ1) is 6.27. The molecule has 0 bridgehead atoms. The van der Waals surface area contributed by atoms with Gasteiger partial charge in [0.25, 0.3) is 0 Å². The first-order valence-electron chi connectivity index (χ1n) is 5.55. The number of amides is 1. The topological polar surface area (TPSA) is 29.1 Å². The Morgan fingerprint density at radius 2 is 1.85 bits per heavy atom. The van der Waals surface area contributed by atoms with E-state index in [2.05, 4.69) is 12.2 Å². The van der Waals surface area contributed by atoms with Gasteiger partial charge in [-0.05, 0) is 38.5 Å². The SMILES string of the molecule is CCNC(=O)C1CCC(CC)CC1. The molecule has 0 saturated heterocycles. The molecule has 0 aromatic carbocycles. The first-order valence-corrected chi connectivity index (χ1v) is 5.55. The monoisotopic (exact) mass is 183 g/mol. The molecule has 0 aromatic rings. The van der Waals surface area contributed by atoms with E-state index in [-0.39, 0.29) is 5.91 Å². The third-order valence-corrected chi connectivity index (χ3v) is 3.15. The molecular formula is C11H21NO. The Labute approximate surface area is 81.1 Å². The van der Waals surface area contributed by atoms with Crippen LogP contribution in [-0.4, -0.2) is 12.5 Å². The van der Waals surface area contributed by atoms with Crippen LogP contribution in [0.3, 0.4) is 0 Å². The van der Waals surface area contributed by atoms with Gasteiger partial charge in [-0.1, -0.05) is 13.3 Å². The lowest BCUT2D eigenvalue weighted by Crippen LogP contribution is -2.32. The Hall–Kier alpha value is -0.530. The zero-order valence-electron chi connectivity index (χ0n) is 8.81. The van der Waals surface area contributed by atoms with Gasteiger partial charge in [0.05, 0.1) is 0 Å². The van der Waals surface area contributed by atoms with Gasteiger partial charge in [-0.25, -0.2) is 0 Å². The second kappa shape index (κ2) is 5.25. The van der Waals surface area contributed by atoms with Crippen LogP contribution in [0.1, 0.15) is 46.0 Å². The third kappa shape index (κ3) is 3.02.